The van der Waals surface area contributed by atoms with Crippen molar-refractivity contribution >= 4 is 44.0 Å². The number of hydrogen-bond donors (Lipinski definition) is 1. The summed E-state index contributed by atoms with van der Waals surface area (Å²) in [6, 6.07) is 5.53. The number of halogens is 2. The smallest absolute Gasteiger partial charge is 0.211 e. The van der Waals surface area contributed by atoms with Crippen LogP contribution in [0.2, 0.25) is 0 Å². The van der Waals surface area contributed by atoms with Crippen molar-refractivity contribution in [2.75, 3.05) is 5.32 Å². The summed E-state index contributed by atoms with van der Waals surface area (Å²) in [5, 5.41) is 2.55. The summed E-state index contributed by atoms with van der Waals surface area (Å²) in [6.07, 6.45) is 0.647. The molecule has 1 aromatic rings. The highest BCUT2D eigenvalue weighted by atomic mass is 79.9. The molecular formula is C7H5Br2NO. The monoisotopic (exact) mass is 277 g/mol. The maximum absolute atomic E-state index is 10.1. The van der Waals surface area contributed by atoms with Gasteiger partial charge in [-0.3, -0.25) is 4.79 Å². The average Bonchev–Trinajstić information content (AvgIpc) is 1.95. The van der Waals surface area contributed by atoms with Crippen LogP contribution in [0.25, 0.3) is 0 Å². The van der Waals surface area contributed by atoms with Crippen LogP contribution in [0, 0.1) is 0 Å². The molecule has 0 unspecified atom stereocenters. The van der Waals surface area contributed by atoms with E-state index in [4.69, 9.17) is 0 Å². The second kappa shape index (κ2) is 3.88. The lowest BCUT2D eigenvalue weighted by atomic mass is 10.3. The molecule has 1 N–H and O–H groups in total. The van der Waals surface area contributed by atoms with E-state index in [1.165, 1.54) is 0 Å². The highest BCUT2D eigenvalue weighted by molar-refractivity contribution is 9.11. The molecule has 1 aromatic carbocycles. The van der Waals surface area contributed by atoms with E-state index in [-0.39, 0.29) is 0 Å². The predicted molar refractivity (Wildman–Crippen MR) is 51.5 cm³/mol. The Morgan fingerprint density at radius 1 is 1.36 bits per heavy atom. The summed E-state index contributed by atoms with van der Waals surface area (Å²) in [7, 11) is 0. The fourth-order valence-electron chi connectivity index (χ4n) is 0.670. The number of rotatable bonds is 2. The van der Waals surface area contributed by atoms with Crippen LogP contribution in [0.15, 0.2) is 27.1 Å². The molecule has 1 amide bonds. The lowest BCUT2D eigenvalue weighted by Gasteiger charge is -2.01. The molecule has 0 bridgehead atoms. The maximum atomic E-state index is 10.1. The van der Waals surface area contributed by atoms with Crippen LogP contribution in [-0.4, -0.2) is 6.41 Å². The third-order valence-corrected chi connectivity index (χ3v) is 2.29. The molecule has 0 saturated carbocycles. The number of hydrogen-bond acceptors (Lipinski definition) is 1. The first-order valence-corrected chi connectivity index (χ1v) is 4.48. The Balaban J connectivity index is 2.98. The minimum Gasteiger partial charge on any atom is -0.328 e. The number of nitrogens with one attached hydrogen (secondary N) is 1. The van der Waals surface area contributed by atoms with E-state index in [0.29, 0.717) is 6.41 Å². The fourth-order valence-corrected chi connectivity index (χ4v) is 1.83. The minimum atomic E-state index is 0.647. The number of amides is 1. The van der Waals surface area contributed by atoms with Crippen LogP contribution in [0.4, 0.5) is 5.69 Å². The van der Waals surface area contributed by atoms with Gasteiger partial charge in [-0.1, -0.05) is 15.9 Å². The molecule has 58 valence electrons. The van der Waals surface area contributed by atoms with Gasteiger partial charge in [0.15, 0.2) is 0 Å². The van der Waals surface area contributed by atoms with E-state index >= 15 is 0 Å². The molecular weight excluding hydrogens is 274 g/mol. The van der Waals surface area contributed by atoms with Crippen LogP contribution in [0.1, 0.15) is 0 Å². The fraction of sp³-hybridized carbons (Fsp3) is 0. The molecule has 0 aliphatic rings. The third kappa shape index (κ3) is 2.31. The van der Waals surface area contributed by atoms with E-state index in [2.05, 4.69) is 37.2 Å². The molecule has 0 saturated heterocycles. The van der Waals surface area contributed by atoms with Gasteiger partial charge in [0.25, 0.3) is 0 Å². The van der Waals surface area contributed by atoms with Crippen molar-refractivity contribution in [2.24, 2.45) is 0 Å². The van der Waals surface area contributed by atoms with E-state index in [1.807, 2.05) is 18.2 Å². The lowest BCUT2D eigenvalue weighted by molar-refractivity contribution is -0.105. The van der Waals surface area contributed by atoms with Gasteiger partial charge in [-0.2, -0.15) is 0 Å². The Labute approximate surface area is 81.2 Å². The van der Waals surface area contributed by atoms with Gasteiger partial charge in [0.05, 0.1) is 5.69 Å². The average molecular weight is 279 g/mol. The van der Waals surface area contributed by atoms with Gasteiger partial charge in [0, 0.05) is 8.95 Å². The largest absolute Gasteiger partial charge is 0.328 e. The lowest BCUT2D eigenvalue weighted by Crippen LogP contribution is -1.93. The van der Waals surface area contributed by atoms with Gasteiger partial charge < -0.3 is 5.32 Å². The topological polar surface area (TPSA) is 29.1 Å². The van der Waals surface area contributed by atoms with Gasteiger partial charge in [-0.15, -0.1) is 0 Å². The van der Waals surface area contributed by atoms with Crippen molar-refractivity contribution < 1.29 is 4.79 Å². The van der Waals surface area contributed by atoms with E-state index in [1.54, 1.807) is 0 Å². The first kappa shape index (κ1) is 8.74. The molecule has 11 heavy (non-hydrogen) atoms. The molecule has 0 radical (unpaired) electrons. The summed E-state index contributed by atoms with van der Waals surface area (Å²) < 4.78 is 1.83. The molecule has 1 rings (SSSR count). The summed E-state index contributed by atoms with van der Waals surface area (Å²) in [4.78, 5) is 10.1. The number of carbonyl (C=O) groups is 1. The van der Waals surface area contributed by atoms with Gasteiger partial charge in [0.2, 0.25) is 6.41 Å². The molecule has 2 nitrogen and oxygen atoms in total. The Morgan fingerprint density at radius 2 is 2.09 bits per heavy atom. The zero-order valence-electron chi connectivity index (χ0n) is 5.47. The summed E-state index contributed by atoms with van der Waals surface area (Å²) in [6.45, 7) is 0. The Hall–Kier alpha value is -0.350. The van der Waals surface area contributed by atoms with Crippen molar-refractivity contribution in [3.8, 4) is 0 Å². The quantitative estimate of drug-likeness (QED) is 0.828. The second-order valence-electron chi connectivity index (χ2n) is 1.89. The van der Waals surface area contributed by atoms with Crippen LogP contribution in [0.3, 0.4) is 0 Å². The first-order chi connectivity index (χ1) is 5.24. The first-order valence-electron chi connectivity index (χ1n) is 2.89. The van der Waals surface area contributed by atoms with Crippen LogP contribution in [0.5, 0.6) is 0 Å². The SMILES string of the molecule is O=CNc1ccc(Br)cc1Br. The van der Waals surface area contributed by atoms with Crippen LogP contribution < -0.4 is 5.32 Å². The van der Waals surface area contributed by atoms with Crippen molar-refractivity contribution in [1.82, 2.24) is 0 Å². The number of anilines is 1. The molecule has 0 heterocycles. The zero-order valence-corrected chi connectivity index (χ0v) is 8.65. The summed E-state index contributed by atoms with van der Waals surface area (Å²) in [5.74, 6) is 0. The predicted octanol–water partition coefficient (Wildman–Crippen LogP) is 2.78. The minimum absolute atomic E-state index is 0.647. The van der Waals surface area contributed by atoms with Crippen LogP contribution in [-0.2, 0) is 4.79 Å². The maximum Gasteiger partial charge on any atom is 0.211 e. The van der Waals surface area contributed by atoms with Crippen molar-refractivity contribution in [2.45, 2.75) is 0 Å². The Morgan fingerprint density at radius 3 is 2.64 bits per heavy atom. The van der Waals surface area contributed by atoms with E-state index < -0.39 is 0 Å². The van der Waals surface area contributed by atoms with Crippen LogP contribution >= 0.6 is 31.9 Å². The Bertz CT molecular complexity index is 275. The highest BCUT2D eigenvalue weighted by Crippen LogP contribution is 2.25. The molecule has 0 aliphatic carbocycles. The van der Waals surface area contributed by atoms with Crippen molar-refractivity contribution in [1.29, 1.82) is 0 Å². The van der Waals surface area contributed by atoms with Gasteiger partial charge >= 0.3 is 0 Å². The molecule has 0 fully saturated rings. The van der Waals surface area contributed by atoms with E-state index in [9.17, 15) is 4.79 Å². The summed E-state index contributed by atoms with van der Waals surface area (Å²) >= 11 is 6.60. The van der Waals surface area contributed by atoms with Crippen molar-refractivity contribution in [3.05, 3.63) is 27.1 Å². The Kier molecular flexibility index (Phi) is 3.08. The zero-order chi connectivity index (χ0) is 8.27. The number of benzene rings is 1. The van der Waals surface area contributed by atoms with E-state index in [0.717, 1.165) is 14.6 Å². The van der Waals surface area contributed by atoms with Gasteiger partial charge in [-0.25, -0.2) is 0 Å². The molecule has 0 aromatic heterocycles. The molecule has 0 atom stereocenters. The molecule has 0 aliphatic heterocycles. The van der Waals surface area contributed by atoms with Gasteiger partial charge in [0.1, 0.15) is 0 Å². The second-order valence-corrected chi connectivity index (χ2v) is 3.66. The summed E-state index contributed by atoms with van der Waals surface area (Å²) in [5.41, 5.74) is 0.767. The number of carbonyl (C=O) groups excluding carboxylic acids is 1. The highest BCUT2D eigenvalue weighted by Gasteiger charge is 1.97. The third-order valence-electron chi connectivity index (χ3n) is 1.15. The normalized spacial score (nSPS) is 9.27. The molecule has 4 heteroatoms. The van der Waals surface area contributed by atoms with Gasteiger partial charge in [-0.05, 0) is 34.1 Å². The molecule has 0 spiro atoms. The standard InChI is InChI=1S/C7H5Br2NO/c8-5-1-2-7(10-4-11)6(9)3-5/h1-4H,(H,10,11). The van der Waals surface area contributed by atoms with Crippen molar-refractivity contribution in [3.63, 3.8) is 0 Å².